The number of aryl methyl sites for hydroxylation is 1. The Balaban J connectivity index is 2.21. The van der Waals surface area contributed by atoms with E-state index in [0.717, 1.165) is 0 Å². The largest absolute Gasteiger partial charge is 0.266 e. The minimum atomic E-state index is -3.68. The maximum absolute atomic E-state index is 13.5. The molecule has 0 aliphatic carbocycles. The van der Waals surface area contributed by atoms with Gasteiger partial charge in [0.2, 0.25) is 0 Å². The van der Waals surface area contributed by atoms with E-state index in [1.807, 2.05) is 0 Å². The number of benzene rings is 1. The lowest BCUT2D eigenvalue weighted by Crippen LogP contribution is -2.27. The van der Waals surface area contributed by atoms with E-state index in [0.29, 0.717) is 11.1 Å². The number of hydrogen-bond donors (Lipinski definition) is 2. The van der Waals surface area contributed by atoms with Crippen molar-refractivity contribution in [1.29, 1.82) is 0 Å². The Morgan fingerprint density at radius 1 is 1.37 bits per heavy atom. The molecular formula is C12H14FN3O2S. The highest BCUT2D eigenvalue weighted by atomic mass is 32.2. The molecule has 0 aliphatic heterocycles. The van der Waals surface area contributed by atoms with Gasteiger partial charge in [0.25, 0.3) is 10.0 Å². The van der Waals surface area contributed by atoms with Crippen molar-refractivity contribution in [3.05, 3.63) is 47.4 Å². The van der Waals surface area contributed by atoms with E-state index in [2.05, 4.69) is 14.9 Å². The normalized spacial score (nSPS) is 13.4. The first-order chi connectivity index (χ1) is 8.90. The van der Waals surface area contributed by atoms with Crippen LogP contribution >= 0.6 is 0 Å². The Hall–Kier alpha value is -1.73. The molecule has 19 heavy (non-hydrogen) atoms. The second-order valence-electron chi connectivity index (χ2n) is 4.27. The third-order valence-corrected chi connectivity index (χ3v) is 4.26. The van der Waals surface area contributed by atoms with Gasteiger partial charge in [-0.25, -0.2) is 17.5 Å². The summed E-state index contributed by atoms with van der Waals surface area (Å²) in [5, 5.41) is 5.95. The number of sulfonamides is 1. The van der Waals surface area contributed by atoms with Crippen molar-refractivity contribution < 1.29 is 12.8 Å². The second kappa shape index (κ2) is 5.10. The average molecular weight is 283 g/mol. The van der Waals surface area contributed by atoms with Gasteiger partial charge in [0.15, 0.2) is 5.03 Å². The fourth-order valence-electron chi connectivity index (χ4n) is 1.64. The zero-order valence-corrected chi connectivity index (χ0v) is 11.3. The Morgan fingerprint density at radius 2 is 2.11 bits per heavy atom. The predicted octanol–water partition coefficient (Wildman–Crippen LogP) is 1.90. The molecule has 0 amide bonds. The molecule has 0 fully saturated rings. The lowest BCUT2D eigenvalue weighted by Gasteiger charge is -2.14. The molecule has 0 spiro atoms. The molecule has 1 atom stereocenters. The van der Waals surface area contributed by atoms with Crippen LogP contribution < -0.4 is 4.72 Å². The van der Waals surface area contributed by atoms with E-state index in [1.165, 1.54) is 18.3 Å². The van der Waals surface area contributed by atoms with Crippen LogP contribution in [-0.4, -0.2) is 18.6 Å². The van der Waals surface area contributed by atoms with Crippen LogP contribution in [0.3, 0.4) is 0 Å². The molecule has 0 saturated heterocycles. The molecule has 1 heterocycles. The molecular weight excluding hydrogens is 269 g/mol. The summed E-state index contributed by atoms with van der Waals surface area (Å²) in [5.41, 5.74) is 1.08. The molecule has 7 heteroatoms. The monoisotopic (exact) mass is 283 g/mol. The summed E-state index contributed by atoms with van der Waals surface area (Å²) in [5.74, 6) is -0.356. The van der Waals surface area contributed by atoms with E-state index in [1.54, 1.807) is 26.0 Å². The van der Waals surface area contributed by atoms with Crippen LogP contribution in [-0.2, 0) is 10.0 Å². The van der Waals surface area contributed by atoms with Crippen molar-refractivity contribution in [2.75, 3.05) is 0 Å². The molecule has 0 radical (unpaired) electrons. The van der Waals surface area contributed by atoms with Crippen molar-refractivity contribution in [3.63, 3.8) is 0 Å². The number of H-pyrrole nitrogens is 1. The maximum Gasteiger partial charge on any atom is 0.258 e. The zero-order chi connectivity index (χ0) is 14.0. The van der Waals surface area contributed by atoms with E-state index in [9.17, 15) is 12.8 Å². The molecule has 102 valence electrons. The van der Waals surface area contributed by atoms with Crippen molar-refractivity contribution in [3.8, 4) is 0 Å². The molecule has 2 aromatic rings. The molecule has 2 rings (SSSR count). The number of aromatic nitrogens is 2. The molecule has 5 nitrogen and oxygen atoms in total. The first-order valence-corrected chi connectivity index (χ1v) is 7.16. The molecule has 1 unspecified atom stereocenters. The summed E-state index contributed by atoms with van der Waals surface area (Å²) < 4.78 is 39.8. The maximum atomic E-state index is 13.5. The highest BCUT2D eigenvalue weighted by Gasteiger charge is 2.19. The van der Waals surface area contributed by atoms with Gasteiger partial charge in [-0.3, -0.25) is 5.10 Å². The Morgan fingerprint density at radius 3 is 2.68 bits per heavy atom. The van der Waals surface area contributed by atoms with Crippen LogP contribution in [0, 0.1) is 12.7 Å². The number of rotatable bonds is 4. The smallest absolute Gasteiger partial charge is 0.258 e. The third-order valence-electron chi connectivity index (χ3n) is 2.79. The van der Waals surface area contributed by atoms with Gasteiger partial charge in [-0.1, -0.05) is 12.1 Å². The van der Waals surface area contributed by atoms with Crippen LogP contribution in [0.2, 0.25) is 0 Å². The number of halogens is 1. The van der Waals surface area contributed by atoms with Gasteiger partial charge in [0.05, 0.1) is 6.20 Å². The fraction of sp³-hybridized carbons (Fsp3) is 0.250. The molecule has 0 aliphatic rings. The van der Waals surface area contributed by atoms with Crippen LogP contribution in [0.15, 0.2) is 35.5 Å². The van der Waals surface area contributed by atoms with Crippen LogP contribution in [0.4, 0.5) is 4.39 Å². The second-order valence-corrected chi connectivity index (χ2v) is 5.95. The number of aromatic amines is 1. The minimum absolute atomic E-state index is 0.0214. The predicted molar refractivity (Wildman–Crippen MR) is 68.5 cm³/mol. The van der Waals surface area contributed by atoms with E-state index in [4.69, 9.17) is 0 Å². The molecule has 1 aromatic heterocycles. The van der Waals surface area contributed by atoms with Gasteiger partial charge in [0.1, 0.15) is 5.82 Å². The Labute approximate surface area is 110 Å². The van der Waals surface area contributed by atoms with Crippen molar-refractivity contribution >= 4 is 10.0 Å². The Kier molecular flexibility index (Phi) is 3.68. The molecule has 0 bridgehead atoms. The molecule has 0 saturated carbocycles. The first-order valence-electron chi connectivity index (χ1n) is 5.68. The standard InChI is InChI=1S/C12H14FN3O2S/c1-8-3-4-10(7-11(8)13)9(2)16-19(17,18)12-5-6-14-15-12/h3-7,9,16H,1-2H3,(H,14,15). The summed E-state index contributed by atoms with van der Waals surface area (Å²) >= 11 is 0. The summed E-state index contributed by atoms with van der Waals surface area (Å²) in [6, 6.07) is 5.45. The highest BCUT2D eigenvalue weighted by molar-refractivity contribution is 7.89. The van der Waals surface area contributed by atoms with Crippen molar-refractivity contribution in [2.24, 2.45) is 0 Å². The Bertz CT molecular complexity index is 668. The van der Waals surface area contributed by atoms with E-state index >= 15 is 0 Å². The average Bonchev–Trinajstić information content (AvgIpc) is 2.86. The minimum Gasteiger partial charge on any atom is -0.266 e. The van der Waals surface area contributed by atoms with Crippen molar-refractivity contribution in [1.82, 2.24) is 14.9 Å². The number of nitrogens with zero attached hydrogens (tertiary/aromatic N) is 1. The van der Waals surface area contributed by atoms with Gasteiger partial charge in [-0.2, -0.15) is 5.10 Å². The molecule has 1 aromatic carbocycles. The SMILES string of the molecule is Cc1ccc(C(C)NS(=O)(=O)c2ccn[nH]2)cc1F. The van der Waals surface area contributed by atoms with E-state index in [-0.39, 0.29) is 10.8 Å². The third kappa shape index (κ3) is 2.99. The van der Waals surface area contributed by atoms with Crippen LogP contribution in [0.25, 0.3) is 0 Å². The van der Waals surface area contributed by atoms with Gasteiger partial charge >= 0.3 is 0 Å². The quantitative estimate of drug-likeness (QED) is 0.900. The van der Waals surface area contributed by atoms with Gasteiger partial charge < -0.3 is 0 Å². The first kappa shape index (κ1) is 13.7. The summed E-state index contributed by atoms with van der Waals surface area (Å²) in [6.45, 7) is 3.30. The van der Waals surface area contributed by atoms with Crippen molar-refractivity contribution in [2.45, 2.75) is 24.9 Å². The van der Waals surface area contributed by atoms with Gasteiger partial charge in [0, 0.05) is 6.04 Å². The highest BCUT2D eigenvalue weighted by Crippen LogP contribution is 2.18. The summed E-state index contributed by atoms with van der Waals surface area (Å²) in [4.78, 5) is 0. The zero-order valence-electron chi connectivity index (χ0n) is 10.5. The fourth-order valence-corrected chi connectivity index (χ4v) is 2.78. The number of nitrogens with one attached hydrogen (secondary N) is 2. The van der Waals surface area contributed by atoms with E-state index < -0.39 is 16.1 Å². The summed E-state index contributed by atoms with van der Waals surface area (Å²) in [7, 11) is -3.68. The topological polar surface area (TPSA) is 74.8 Å². The lowest BCUT2D eigenvalue weighted by molar-refractivity contribution is 0.560. The summed E-state index contributed by atoms with van der Waals surface area (Å²) in [6.07, 6.45) is 1.35. The number of hydrogen-bond acceptors (Lipinski definition) is 3. The van der Waals surface area contributed by atoms with Gasteiger partial charge in [-0.05, 0) is 37.1 Å². The van der Waals surface area contributed by atoms with Gasteiger partial charge in [-0.15, -0.1) is 0 Å². The van der Waals surface area contributed by atoms with Crippen LogP contribution in [0.1, 0.15) is 24.1 Å². The lowest BCUT2D eigenvalue weighted by atomic mass is 10.1. The van der Waals surface area contributed by atoms with Crippen LogP contribution in [0.5, 0.6) is 0 Å². The molecule has 2 N–H and O–H groups in total.